The van der Waals surface area contributed by atoms with Gasteiger partial charge < -0.3 is 10.2 Å². The quantitative estimate of drug-likeness (QED) is 0.329. The summed E-state index contributed by atoms with van der Waals surface area (Å²) >= 11 is 7.74. The second-order valence-electron chi connectivity index (χ2n) is 8.04. The molecule has 35 heavy (non-hydrogen) atoms. The van der Waals surface area contributed by atoms with E-state index in [0.717, 1.165) is 15.4 Å². The van der Waals surface area contributed by atoms with E-state index in [1.165, 1.54) is 28.8 Å². The van der Waals surface area contributed by atoms with E-state index < -0.39 is 5.82 Å². The summed E-state index contributed by atoms with van der Waals surface area (Å²) in [5.74, 6) is -1.04. The normalized spacial score (nSPS) is 12.5. The number of fused-ring (bicyclic) bond motifs is 2. The lowest BCUT2D eigenvalue weighted by molar-refractivity contribution is 0.0947. The minimum atomic E-state index is -0.492. The van der Waals surface area contributed by atoms with Gasteiger partial charge in [0.15, 0.2) is 0 Å². The number of nitrogens with one attached hydrogen (secondary N) is 1. The Labute approximate surface area is 211 Å². The van der Waals surface area contributed by atoms with Crippen LogP contribution in [0.5, 0.6) is 0 Å². The first kappa shape index (κ1) is 23.1. The number of nitrogens with zero attached hydrogens (tertiary/aromatic N) is 1. The maximum Gasteiger partial charge on any atom is 0.259 e. The molecule has 0 bridgehead atoms. The summed E-state index contributed by atoms with van der Waals surface area (Å²) in [4.78, 5) is 29.7. The molecule has 1 aliphatic rings. The molecule has 4 aromatic carbocycles. The fourth-order valence-corrected chi connectivity index (χ4v) is 5.22. The predicted molar refractivity (Wildman–Crippen MR) is 137 cm³/mol. The van der Waals surface area contributed by atoms with Crippen LogP contribution in [-0.4, -0.2) is 11.8 Å². The van der Waals surface area contributed by atoms with Crippen LogP contribution in [0.15, 0.2) is 101 Å². The minimum absolute atomic E-state index is 0.0681. The van der Waals surface area contributed by atoms with Gasteiger partial charge in [-0.3, -0.25) is 9.59 Å². The molecule has 0 unspecified atom stereocenters. The lowest BCUT2D eigenvalue weighted by Gasteiger charge is -2.24. The Balaban J connectivity index is 1.53. The van der Waals surface area contributed by atoms with Crippen molar-refractivity contribution in [3.05, 3.63) is 124 Å². The molecule has 4 aromatic rings. The Morgan fingerprint density at radius 2 is 1.69 bits per heavy atom. The Bertz CT molecular complexity index is 1410. The largest absolute Gasteiger partial charge is 0.348 e. The van der Waals surface area contributed by atoms with E-state index in [-0.39, 0.29) is 28.9 Å². The van der Waals surface area contributed by atoms with Crippen LogP contribution in [-0.2, 0) is 13.1 Å². The number of carbonyl (C=O) groups is 2. The molecule has 0 atom stereocenters. The minimum Gasteiger partial charge on any atom is -0.348 e. The van der Waals surface area contributed by atoms with Crippen LogP contribution in [0.2, 0.25) is 5.02 Å². The summed E-state index contributed by atoms with van der Waals surface area (Å²) in [6.45, 7) is 0.311. The van der Waals surface area contributed by atoms with E-state index in [1.807, 2.05) is 48.5 Å². The van der Waals surface area contributed by atoms with Crippen molar-refractivity contribution < 1.29 is 14.0 Å². The van der Waals surface area contributed by atoms with Gasteiger partial charge in [0.1, 0.15) is 5.82 Å². The van der Waals surface area contributed by atoms with Gasteiger partial charge in [-0.15, -0.1) is 0 Å². The van der Waals surface area contributed by atoms with Crippen LogP contribution in [0, 0.1) is 5.82 Å². The van der Waals surface area contributed by atoms with Gasteiger partial charge in [0, 0.05) is 32.5 Å². The molecule has 0 fully saturated rings. The lowest BCUT2D eigenvalue weighted by atomic mass is 10.1. The Morgan fingerprint density at radius 3 is 2.49 bits per heavy atom. The number of rotatable bonds is 5. The molecule has 0 aromatic heterocycles. The van der Waals surface area contributed by atoms with Gasteiger partial charge in [-0.1, -0.05) is 71.9 Å². The summed E-state index contributed by atoms with van der Waals surface area (Å²) in [7, 11) is 0. The zero-order valence-corrected chi connectivity index (χ0v) is 20.1. The van der Waals surface area contributed by atoms with Crippen molar-refractivity contribution in [1.82, 2.24) is 5.32 Å². The Kier molecular flexibility index (Phi) is 6.57. The maximum absolute atomic E-state index is 14.7. The monoisotopic (exact) mass is 502 g/mol. The van der Waals surface area contributed by atoms with Crippen LogP contribution in [0.1, 0.15) is 31.8 Å². The van der Waals surface area contributed by atoms with E-state index in [0.29, 0.717) is 23.4 Å². The molecular formula is C28H20ClFN2O2S. The average Bonchev–Trinajstić information content (AvgIpc) is 2.99. The lowest BCUT2D eigenvalue weighted by Crippen LogP contribution is -2.31. The Hall–Kier alpha value is -3.61. The van der Waals surface area contributed by atoms with Gasteiger partial charge in [-0.05, 0) is 48.0 Å². The van der Waals surface area contributed by atoms with Gasteiger partial charge in [0.25, 0.3) is 11.8 Å². The van der Waals surface area contributed by atoms with Gasteiger partial charge in [-0.2, -0.15) is 0 Å². The standard InChI is InChI=1S/C28H20ClFN2O2S/c29-22-10-6-11-23(30)21(22)17-32-24-15-19(27(33)31-16-18-7-2-1-3-8-18)13-14-26(24)35-25-12-5-4-9-20(25)28(32)34/h1-15H,16-17H2,(H,31,33). The van der Waals surface area contributed by atoms with Gasteiger partial charge in [0.2, 0.25) is 0 Å². The average molecular weight is 503 g/mol. The molecule has 1 heterocycles. The first-order valence-electron chi connectivity index (χ1n) is 11.0. The summed E-state index contributed by atoms with van der Waals surface area (Å²) in [5.41, 5.74) is 2.65. The van der Waals surface area contributed by atoms with E-state index in [9.17, 15) is 14.0 Å². The first-order valence-corrected chi connectivity index (χ1v) is 12.2. The molecule has 0 saturated heterocycles. The molecule has 1 N–H and O–H groups in total. The first-order chi connectivity index (χ1) is 17.0. The molecule has 0 aliphatic carbocycles. The number of amides is 2. The van der Waals surface area contributed by atoms with E-state index in [2.05, 4.69) is 5.32 Å². The number of halogens is 2. The SMILES string of the molecule is O=C(NCc1ccccc1)c1ccc2c(c1)N(Cc1c(F)cccc1Cl)C(=O)c1ccccc1S2. The van der Waals surface area contributed by atoms with Crippen LogP contribution < -0.4 is 10.2 Å². The van der Waals surface area contributed by atoms with E-state index in [4.69, 9.17) is 11.6 Å². The highest BCUT2D eigenvalue weighted by Crippen LogP contribution is 2.42. The molecule has 0 spiro atoms. The van der Waals surface area contributed by atoms with Crippen molar-refractivity contribution in [2.24, 2.45) is 0 Å². The highest BCUT2D eigenvalue weighted by Gasteiger charge is 2.29. The molecule has 1 aliphatic heterocycles. The summed E-state index contributed by atoms with van der Waals surface area (Å²) in [6.07, 6.45) is 0. The van der Waals surface area contributed by atoms with Crippen LogP contribution in [0.25, 0.3) is 0 Å². The predicted octanol–water partition coefficient (Wildman–Crippen LogP) is 6.72. The van der Waals surface area contributed by atoms with Crippen molar-refractivity contribution in [3.8, 4) is 0 Å². The third-order valence-electron chi connectivity index (χ3n) is 5.77. The summed E-state index contributed by atoms with van der Waals surface area (Å²) < 4.78 is 14.7. The van der Waals surface area contributed by atoms with Crippen LogP contribution in [0.4, 0.5) is 10.1 Å². The summed E-state index contributed by atoms with van der Waals surface area (Å²) in [6, 6.07) is 26.6. The van der Waals surface area contributed by atoms with Crippen molar-refractivity contribution >= 4 is 40.9 Å². The zero-order valence-electron chi connectivity index (χ0n) is 18.5. The maximum atomic E-state index is 14.7. The highest BCUT2D eigenvalue weighted by molar-refractivity contribution is 7.99. The second-order valence-corrected chi connectivity index (χ2v) is 9.53. The molecule has 7 heteroatoms. The van der Waals surface area contributed by atoms with Gasteiger partial charge in [-0.25, -0.2) is 4.39 Å². The number of benzene rings is 4. The van der Waals surface area contributed by atoms with Crippen molar-refractivity contribution in [2.45, 2.75) is 22.9 Å². The van der Waals surface area contributed by atoms with Crippen LogP contribution >= 0.6 is 23.4 Å². The van der Waals surface area contributed by atoms with Crippen LogP contribution in [0.3, 0.4) is 0 Å². The molecule has 4 nitrogen and oxygen atoms in total. The molecule has 2 amide bonds. The number of carbonyl (C=O) groups excluding carboxylic acids is 2. The van der Waals surface area contributed by atoms with Gasteiger partial charge >= 0.3 is 0 Å². The van der Waals surface area contributed by atoms with E-state index in [1.54, 1.807) is 30.3 Å². The highest BCUT2D eigenvalue weighted by atomic mass is 35.5. The third kappa shape index (κ3) is 4.81. The smallest absolute Gasteiger partial charge is 0.259 e. The third-order valence-corrected chi connectivity index (χ3v) is 7.26. The molecule has 5 rings (SSSR count). The fraction of sp³-hybridized carbons (Fsp3) is 0.0714. The zero-order chi connectivity index (χ0) is 24.4. The number of anilines is 1. The molecule has 0 radical (unpaired) electrons. The van der Waals surface area contributed by atoms with Crippen molar-refractivity contribution in [2.75, 3.05) is 4.90 Å². The van der Waals surface area contributed by atoms with E-state index >= 15 is 0 Å². The van der Waals surface area contributed by atoms with Crippen molar-refractivity contribution in [1.29, 1.82) is 0 Å². The molecular weight excluding hydrogens is 483 g/mol. The fourth-order valence-electron chi connectivity index (χ4n) is 3.94. The number of hydrogen-bond donors (Lipinski definition) is 1. The topological polar surface area (TPSA) is 49.4 Å². The van der Waals surface area contributed by atoms with Gasteiger partial charge in [0.05, 0.1) is 17.8 Å². The number of hydrogen-bond acceptors (Lipinski definition) is 3. The Morgan fingerprint density at radius 1 is 0.914 bits per heavy atom. The van der Waals surface area contributed by atoms with Crippen molar-refractivity contribution in [3.63, 3.8) is 0 Å². The molecule has 0 saturated carbocycles. The molecule has 174 valence electrons. The summed E-state index contributed by atoms with van der Waals surface area (Å²) in [5, 5.41) is 3.16. The second kappa shape index (κ2) is 9.94.